The van der Waals surface area contributed by atoms with E-state index < -0.39 is 5.97 Å². The van der Waals surface area contributed by atoms with Gasteiger partial charge in [-0.25, -0.2) is 0 Å². The number of benzene rings is 2. The van der Waals surface area contributed by atoms with Gasteiger partial charge in [-0.1, -0.05) is 18.2 Å². The third-order valence-corrected chi connectivity index (χ3v) is 3.50. The van der Waals surface area contributed by atoms with Crippen LogP contribution in [0.1, 0.15) is 10.4 Å². The van der Waals surface area contributed by atoms with E-state index in [0.29, 0.717) is 22.2 Å². The van der Waals surface area contributed by atoms with E-state index in [1.807, 2.05) is 0 Å². The highest BCUT2D eigenvalue weighted by atomic mass is 16.5. The number of carbonyl (C=O) groups excluding carboxylic acids is 1. The van der Waals surface area contributed by atoms with Gasteiger partial charge in [-0.05, 0) is 35.7 Å². The van der Waals surface area contributed by atoms with Crippen molar-refractivity contribution in [3.05, 3.63) is 70.6 Å². The first-order chi connectivity index (χ1) is 10.6. The Kier molecular flexibility index (Phi) is 3.39. The van der Waals surface area contributed by atoms with E-state index in [-0.39, 0.29) is 11.1 Å². The molecule has 0 fully saturated rings. The summed E-state index contributed by atoms with van der Waals surface area (Å²) in [5.41, 5.74) is 0.246. The Labute approximate surface area is 126 Å². The van der Waals surface area contributed by atoms with Crippen molar-refractivity contribution in [3.8, 4) is 11.4 Å². The monoisotopic (exact) mass is 294 g/mol. The molecule has 0 amide bonds. The molecule has 3 rings (SSSR count). The van der Waals surface area contributed by atoms with E-state index in [4.69, 9.17) is 4.74 Å². The maximum Gasteiger partial charge on any atom is 0.262 e. The Morgan fingerprint density at radius 3 is 2.27 bits per heavy atom. The highest BCUT2D eigenvalue weighted by Crippen LogP contribution is 2.18. The van der Waals surface area contributed by atoms with E-state index >= 15 is 0 Å². The van der Waals surface area contributed by atoms with Gasteiger partial charge in [0, 0.05) is 22.8 Å². The molecule has 0 saturated carbocycles. The lowest BCUT2D eigenvalue weighted by Crippen LogP contribution is -2.27. The number of ether oxygens (including phenoxy) is 1. The zero-order valence-corrected chi connectivity index (χ0v) is 11.8. The molecule has 0 spiro atoms. The molecule has 5 nitrogen and oxygen atoms in total. The zero-order valence-electron chi connectivity index (χ0n) is 11.8. The number of aromatic carboxylic acids is 1. The Bertz CT molecular complexity index is 910. The van der Waals surface area contributed by atoms with Crippen molar-refractivity contribution in [3.63, 3.8) is 0 Å². The van der Waals surface area contributed by atoms with Crippen LogP contribution in [0.3, 0.4) is 0 Å². The van der Waals surface area contributed by atoms with Crippen LogP contribution in [-0.2, 0) is 0 Å². The van der Waals surface area contributed by atoms with Crippen LogP contribution in [0.5, 0.6) is 5.75 Å². The van der Waals surface area contributed by atoms with Crippen LogP contribution in [0.4, 0.5) is 0 Å². The van der Waals surface area contributed by atoms with Crippen molar-refractivity contribution in [2.75, 3.05) is 7.11 Å². The lowest BCUT2D eigenvalue weighted by Gasteiger charge is -2.13. The Balaban J connectivity index is 2.31. The second kappa shape index (κ2) is 5.37. The van der Waals surface area contributed by atoms with Gasteiger partial charge in [0.05, 0.1) is 13.1 Å². The van der Waals surface area contributed by atoms with Crippen LogP contribution in [-0.4, -0.2) is 17.6 Å². The van der Waals surface area contributed by atoms with Crippen LogP contribution in [0.2, 0.25) is 0 Å². The molecule has 0 atom stereocenters. The molecule has 22 heavy (non-hydrogen) atoms. The Morgan fingerprint density at radius 1 is 1.05 bits per heavy atom. The molecule has 2 aromatic carbocycles. The normalized spacial score (nSPS) is 10.6. The summed E-state index contributed by atoms with van der Waals surface area (Å²) in [5.74, 6) is -0.670. The molecule has 3 aromatic rings. The summed E-state index contributed by atoms with van der Waals surface area (Å²) in [7, 11) is 1.55. The van der Waals surface area contributed by atoms with Crippen LogP contribution < -0.4 is 15.4 Å². The van der Waals surface area contributed by atoms with Gasteiger partial charge in [0.25, 0.3) is 5.56 Å². The third kappa shape index (κ3) is 2.22. The predicted molar refractivity (Wildman–Crippen MR) is 80.4 cm³/mol. The van der Waals surface area contributed by atoms with Crippen molar-refractivity contribution in [2.24, 2.45) is 0 Å². The van der Waals surface area contributed by atoms with Crippen LogP contribution in [0.25, 0.3) is 16.5 Å². The van der Waals surface area contributed by atoms with Gasteiger partial charge >= 0.3 is 0 Å². The summed E-state index contributed by atoms with van der Waals surface area (Å²) >= 11 is 0. The molecule has 0 aliphatic heterocycles. The summed E-state index contributed by atoms with van der Waals surface area (Å²) in [5, 5.41) is 12.1. The van der Waals surface area contributed by atoms with Gasteiger partial charge in [-0.3, -0.25) is 9.36 Å². The van der Waals surface area contributed by atoms with Gasteiger partial charge in [0.15, 0.2) is 0 Å². The SMILES string of the molecule is COc1ccc(-n2cc(C(=O)[O-])c3ccccc3c2=O)cc1. The van der Waals surface area contributed by atoms with Gasteiger partial charge in [-0.2, -0.15) is 0 Å². The van der Waals surface area contributed by atoms with Crippen LogP contribution >= 0.6 is 0 Å². The van der Waals surface area contributed by atoms with Crippen molar-refractivity contribution in [1.29, 1.82) is 0 Å². The molecule has 5 heteroatoms. The minimum absolute atomic E-state index is 0.0222. The number of methoxy groups -OCH3 is 1. The molecule has 0 aliphatic rings. The molecule has 1 aromatic heterocycles. The number of nitrogens with zero attached hydrogens (tertiary/aromatic N) is 1. The molecule has 0 N–H and O–H groups in total. The maximum absolute atomic E-state index is 12.6. The van der Waals surface area contributed by atoms with Crippen molar-refractivity contribution >= 4 is 16.7 Å². The number of carboxylic acids is 1. The number of fused-ring (bicyclic) bond motifs is 1. The summed E-state index contributed by atoms with van der Waals surface area (Å²) in [6.07, 6.45) is 1.29. The lowest BCUT2D eigenvalue weighted by molar-refractivity contribution is -0.254. The first kappa shape index (κ1) is 13.9. The first-order valence-electron chi connectivity index (χ1n) is 6.62. The fourth-order valence-electron chi connectivity index (χ4n) is 2.39. The number of aromatic nitrogens is 1. The van der Waals surface area contributed by atoms with E-state index in [2.05, 4.69) is 0 Å². The standard InChI is InChI=1S/C17H13NO4/c1-22-12-8-6-11(7-9-12)18-10-15(17(20)21)13-4-2-3-5-14(13)16(18)19/h2-10H,1H3,(H,20,21)/p-1. The number of carbonyl (C=O) groups is 1. The van der Waals surface area contributed by atoms with Gasteiger partial charge in [-0.15, -0.1) is 0 Å². The average Bonchev–Trinajstić information content (AvgIpc) is 2.55. The summed E-state index contributed by atoms with van der Waals surface area (Å²) < 4.78 is 6.37. The fraction of sp³-hybridized carbons (Fsp3) is 0.0588. The largest absolute Gasteiger partial charge is 0.545 e. The lowest BCUT2D eigenvalue weighted by atomic mass is 10.1. The smallest absolute Gasteiger partial charge is 0.262 e. The summed E-state index contributed by atoms with van der Waals surface area (Å²) in [4.78, 5) is 23.9. The molecular weight excluding hydrogens is 282 g/mol. The minimum atomic E-state index is -1.32. The first-order valence-corrected chi connectivity index (χ1v) is 6.62. The molecule has 0 radical (unpaired) electrons. The van der Waals surface area contributed by atoms with Crippen molar-refractivity contribution in [1.82, 2.24) is 4.57 Å². The van der Waals surface area contributed by atoms with E-state index in [0.717, 1.165) is 0 Å². The third-order valence-electron chi connectivity index (χ3n) is 3.50. The van der Waals surface area contributed by atoms with E-state index in [9.17, 15) is 14.7 Å². The summed E-state index contributed by atoms with van der Waals surface area (Å²) in [6, 6.07) is 13.4. The van der Waals surface area contributed by atoms with Crippen molar-refractivity contribution < 1.29 is 14.6 Å². The number of hydrogen-bond donors (Lipinski definition) is 0. The average molecular weight is 294 g/mol. The topological polar surface area (TPSA) is 71.4 Å². The number of carboxylic acid groups (broad SMARTS) is 1. The van der Waals surface area contributed by atoms with Gasteiger partial charge in [0.2, 0.25) is 0 Å². The van der Waals surface area contributed by atoms with Gasteiger partial charge in [0.1, 0.15) is 5.75 Å². The van der Waals surface area contributed by atoms with E-state index in [1.165, 1.54) is 10.8 Å². The quantitative estimate of drug-likeness (QED) is 0.731. The molecule has 110 valence electrons. The maximum atomic E-state index is 12.6. The molecule has 0 aliphatic carbocycles. The number of hydrogen-bond acceptors (Lipinski definition) is 4. The highest BCUT2D eigenvalue weighted by molar-refractivity contribution is 6.02. The fourth-order valence-corrected chi connectivity index (χ4v) is 2.39. The van der Waals surface area contributed by atoms with Crippen LogP contribution in [0, 0.1) is 0 Å². The van der Waals surface area contributed by atoms with Gasteiger partial charge < -0.3 is 14.6 Å². The Morgan fingerprint density at radius 2 is 1.68 bits per heavy atom. The molecule has 1 heterocycles. The zero-order chi connectivity index (χ0) is 15.7. The molecule has 0 saturated heterocycles. The van der Waals surface area contributed by atoms with Crippen LogP contribution in [0.15, 0.2) is 59.5 Å². The predicted octanol–water partition coefficient (Wildman–Crippen LogP) is 1.36. The number of rotatable bonds is 3. The summed E-state index contributed by atoms with van der Waals surface area (Å²) in [6.45, 7) is 0. The molecule has 0 bridgehead atoms. The molecular formula is C17H12NO4-. The highest BCUT2D eigenvalue weighted by Gasteiger charge is 2.10. The second-order valence-electron chi connectivity index (χ2n) is 4.75. The van der Waals surface area contributed by atoms with E-state index in [1.54, 1.807) is 55.6 Å². The second-order valence-corrected chi connectivity index (χ2v) is 4.75. The molecule has 0 unspecified atom stereocenters. The van der Waals surface area contributed by atoms with Crippen molar-refractivity contribution in [2.45, 2.75) is 0 Å². The Hall–Kier alpha value is -3.08. The number of pyridine rings is 1. The minimum Gasteiger partial charge on any atom is -0.545 e.